The van der Waals surface area contributed by atoms with Gasteiger partial charge in [0.1, 0.15) is 5.75 Å². The van der Waals surface area contributed by atoms with Crippen molar-refractivity contribution in [1.29, 1.82) is 0 Å². The molecule has 18 heavy (non-hydrogen) atoms. The maximum absolute atomic E-state index is 11.6. The Balaban J connectivity index is 1.90. The van der Waals surface area contributed by atoms with Crippen LogP contribution in [0.1, 0.15) is 12.5 Å². The van der Waals surface area contributed by atoms with E-state index in [2.05, 4.69) is 0 Å². The number of carbonyl (C=O) groups is 1. The molecule has 1 heterocycles. The van der Waals surface area contributed by atoms with E-state index in [1.807, 2.05) is 31.2 Å². The Hall–Kier alpha value is -1.81. The highest BCUT2D eigenvalue weighted by Crippen LogP contribution is 2.14. The highest BCUT2D eigenvalue weighted by molar-refractivity contribution is 5.92. The number of likely N-dealkylation sites (tertiary alicyclic amines) is 1. The van der Waals surface area contributed by atoms with Gasteiger partial charge in [0, 0.05) is 19.2 Å². The van der Waals surface area contributed by atoms with Crippen LogP contribution in [0.15, 0.2) is 30.3 Å². The second kappa shape index (κ2) is 5.69. The highest BCUT2D eigenvalue weighted by Gasteiger charge is 2.26. The van der Waals surface area contributed by atoms with Crippen molar-refractivity contribution in [3.63, 3.8) is 0 Å². The van der Waals surface area contributed by atoms with Gasteiger partial charge in [0.05, 0.1) is 12.7 Å². The number of hydrogen-bond donors (Lipinski definition) is 1. The summed E-state index contributed by atoms with van der Waals surface area (Å²) in [7, 11) is 0. The van der Waals surface area contributed by atoms with Gasteiger partial charge in [-0.2, -0.15) is 0 Å². The first-order valence-electron chi connectivity index (χ1n) is 6.07. The summed E-state index contributed by atoms with van der Waals surface area (Å²) in [6.45, 7) is 3.46. The van der Waals surface area contributed by atoms with E-state index in [1.54, 1.807) is 11.0 Å². The molecule has 0 atom stereocenters. The van der Waals surface area contributed by atoms with Gasteiger partial charge >= 0.3 is 0 Å². The number of ether oxygens (including phenoxy) is 1. The van der Waals surface area contributed by atoms with Crippen molar-refractivity contribution in [3.8, 4) is 5.75 Å². The molecule has 1 aromatic rings. The van der Waals surface area contributed by atoms with Crippen LogP contribution in [0.5, 0.6) is 5.75 Å². The number of β-amino-alcohol motifs (C(OH)–C–C–N with tert-alkyl or cyclic N) is 1. The lowest BCUT2D eigenvalue weighted by molar-refractivity contribution is -0.135. The fourth-order valence-electron chi connectivity index (χ4n) is 1.75. The molecular weight excluding hydrogens is 230 g/mol. The molecule has 1 aliphatic rings. The summed E-state index contributed by atoms with van der Waals surface area (Å²) >= 11 is 0. The van der Waals surface area contributed by atoms with E-state index in [1.165, 1.54) is 6.08 Å². The molecule has 0 aromatic heterocycles. The van der Waals surface area contributed by atoms with Gasteiger partial charge in [-0.1, -0.05) is 12.1 Å². The molecule has 0 bridgehead atoms. The predicted octanol–water partition coefficient (Wildman–Crippen LogP) is 1.30. The first-order chi connectivity index (χ1) is 8.69. The van der Waals surface area contributed by atoms with E-state index in [9.17, 15) is 4.79 Å². The number of rotatable bonds is 4. The second-order valence-corrected chi connectivity index (χ2v) is 4.23. The van der Waals surface area contributed by atoms with Gasteiger partial charge in [0.2, 0.25) is 5.91 Å². The Morgan fingerprint density at radius 3 is 2.67 bits per heavy atom. The summed E-state index contributed by atoms with van der Waals surface area (Å²) in [5.41, 5.74) is 0.952. The topological polar surface area (TPSA) is 49.8 Å². The Morgan fingerprint density at radius 2 is 2.11 bits per heavy atom. The number of aliphatic hydroxyl groups excluding tert-OH is 1. The maximum atomic E-state index is 11.6. The minimum absolute atomic E-state index is 0.0609. The lowest BCUT2D eigenvalue weighted by Gasteiger charge is -2.34. The van der Waals surface area contributed by atoms with Crippen molar-refractivity contribution in [2.24, 2.45) is 0 Å². The molecule has 1 amide bonds. The van der Waals surface area contributed by atoms with E-state index in [0.717, 1.165) is 11.3 Å². The largest absolute Gasteiger partial charge is 0.494 e. The molecule has 1 aliphatic heterocycles. The zero-order valence-electron chi connectivity index (χ0n) is 10.4. The van der Waals surface area contributed by atoms with E-state index >= 15 is 0 Å². The Bertz CT molecular complexity index is 433. The molecule has 1 saturated heterocycles. The van der Waals surface area contributed by atoms with Crippen LogP contribution in [0.2, 0.25) is 0 Å². The molecule has 96 valence electrons. The van der Waals surface area contributed by atoms with Crippen LogP contribution in [0.25, 0.3) is 6.08 Å². The van der Waals surface area contributed by atoms with Crippen LogP contribution in [0.3, 0.4) is 0 Å². The first-order valence-corrected chi connectivity index (χ1v) is 6.07. The quantitative estimate of drug-likeness (QED) is 0.816. The molecule has 0 radical (unpaired) electrons. The molecule has 1 aromatic carbocycles. The molecule has 2 rings (SSSR count). The van der Waals surface area contributed by atoms with E-state index < -0.39 is 0 Å². The predicted molar refractivity (Wildman–Crippen MR) is 69.2 cm³/mol. The van der Waals surface area contributed by atoms with Gasteiger partial charge in [0.25, 0.3) is 0 Å². The van der Waals surface area contributed by atoms with Gasteiger partial charge in [0.15, 0.2) is 0 Å². The first kappa shape index (κ1) is 12.6. The van der Waals surface area contributed by atoms with Gasteiger partial charge in [-0.05, 0) is 30.7 Å². The van der Waals surface area contributed by atoms with Crippen LogP contribution in [0, 0.1) is 0 Å². The van der Waals surface area contributed by atoms with Gasteiger partial charge in [-0.25, -0.2) is 0 Å². The molecule has 0 unspecified atom stereocenters. The van der Waals surface area contributed by atoms with Crippen LogP contribution in [-0.4, -0.2) is 41.7 Å². The normalized spacial score (nSPS) is 15.8. The van der Waals surface area contributed by atoms with Crippen LogP contribution in [0.4, 0.5) is 0 Å². The molecule has 4 heteroatoms. The number of nitrogens with zero attached hydrogens (tertiary/aromatic N) is 1. The number of amides is 1. The van der Waals surface area contributed by atoms with Crippen molar-refractivity contribution < 1.29 is 14.6 Å². The minimum atomic E-state index is -0.354. The van der Waals surface area contributed by atoms with Gasteiger partial charge in [-0.3, -0.25) is 4.79 Å². The lowest BCUT2D eigenvalue weighted by atomic mass is 10.1. The fraction of sp³-hybridized carbons (Fsp3) is 0.357. The number of aliphatic hydroxyl groups is 1. The van der Waals surface area contributed by atoms with Gasteiger partial charge < -0.3 is 14.7 Å². The summed E-state index contributed by atoms with van der Waals surface area (Å²) in [5, 5.41) is 9.10. The molecular formula is C14H17NO3. The fourth-order valence-corrected chi connectivity index (χ4v) is 1.75. The molecule has 0 spiro atoms. The maximum Gasteiger partial charge on any atom is 0.246 e. The third kappa shape index (κ3) is 3.11. The van der Waals surface area contributed by atoms with Crippen molar-refractivity contribution in [2.45, 2.75) is 13.0 Å². The minimum Gasteiger partial charge on any atom is -0.494 e. The average molecular weight is 247 g/mol. The SMILES string of the molecule is CCOc1ccc(C=CC(=O)N2CC(O)C2)cc1. The number of hydrogen-bond acceptors (Lipinski definition) is 3. The zero-order chi connectivity index (χ0) is 13.0. The van der Waals surface area contributed by atoms with Crippen LogP contribution in [-0.2, 0) is 4.79 Å². The van der Waals surface area contributed by atoms with E-state index in [-0.39, 0.29) is 12.0 Å². The zero-order valence-corrected chi connectivity index (χ0v) is 10.4. The van der Waals surface area contributed by atoms with E-state index in [0.29, 0.717) is 19.7 Å². The van der Waals surface area contributed by atoms with E-state index in [4.69, 9.17) is 9.84 Å². The molecule has 0 aliphatic carbocycles. The molecule has 1 fully saturated rings. The monoisotopic (exact) mass is 247 g/mol. The van der Waals surface area contributed by atoms with Crippen molar-refractivity contribution >= 4 is 12.0 Å². The third-order valence-corrected chi connectivity index (χ3v) is 2.78. The molecule has 4 nitrogen and oxygen atoms in total. The Labute approximate surface area is 106 Å². The summed E-state index contributed by atoms with van der Waals surface area (Å²) in [4.78, 5) is 13.2. The smallest absolute Gasteiger partial charge is 0.246 e. The third-order valence-electron chi connectivity index (χ3n) is 2.78. The second-order valence-electron chi connectivity index (χ2n) is 4.23. The molecule has 0 saturated carbocycles. The summed E-state index contributed by atoms with van der Waals surface area (Å²) < 4.78 is 5.34. The van der Waals surface area contributed by atoms with Crippen molar-refractivity contribution in [1.82, 2.24) is 4.90 Å². The molecule has 1 N–H and O–H groups in total. The van der Waals surface area contributed by atoms with Gasteiger partial charge in [-0.15, -0.1) is 0 Å². The number of carbonyl (C=O) groups excluding carboxylic acids is 1. The van der Waals surface area contributed by atoms with Crippen molar-refractivity contribution in [3.05, 3.63) is 35.9 Å². The highest BCUT2D eigenvalue weighted by atomic mass is 16.5. The van der Waals surface area contributed by atoms with Crippen LogP contribution < -0.4 is 4.74 Å². The Kier molecular flexibility index (Phi) is 3.99. The average Bonchev–Trinajstić information content (AvgIpc) is 2.34. The summed E-state index contributed by atoms with van der Waals surface area (Å²) in [6, 6.07) is 7.56. The lowest BCUT2D eigenvalue weighted by Crippen LogP contribution is -2.52. The number of benzene rings is 1. The summed E-state index contributed by atoms with van der Waals surface area (Å²) in [6.07, 6.45) is 2.94. The van der Waals surface area contributed by atoms with Crippen LogP contribution >= 0.6 is 0 Å². The standard InChI is InChI=1S/C14H17NO3/c1-2-18-13-6-3-11(4-7-13)5-8-14(17)15-9-12(16)10-15/h3-8,12,16H,2,9-10H2,1H3. The Morgan fingerprint density at radius 1 is 1.44 bits per heavy atom. The summed E-state index contributed by atoms with van der Waals surface area (Å²) in [5.74, 6) is 0.765. The van der Waals surface area contributed by atoms with Crippen molar-refractivity contribution in [2.75, 3.05) is 19.7 Å².